The lowest BCUT2D eigenvalue weighted by atomic mass is 10.1. The molecule has 0 saturated carbocycles. The monoisotopic (exact) mass is 364 g/mol. The Labute approximate surface area is 150 Å². The van der Waals surface area contributed by atoms with Crippen LogP contribution >= 0.6 is 0 Å². The third-order valence-electron chi connectivity index (χ3n) is 3.53. The molecule has 140 valence electrons. The molecule has 1 aliphatic rings. The fraction of sp³-hybridized carbons (Fsp3) is 0.353. The summed E-state index contributed by atoms with van der Waals surface area (Å²) in [4.78, 5) is 37.1. The van der Waals surface area contributed by atoms with Gasteiger partial charge in [0.1, 0.15) is 12.4 Å². The molecule has 9 nitrogen and oxygen atoms in total. The van der Waals surface area contributed by atoms with Crippen molar-refractivity contribution >= 4 is 29.4 Å². The van der Waals surface area contributed by atoms with Crippen LogP contribution < -0.4 is 10.2 Å². The Balaban J connectivity index is 2.31. The Morgan fingerprint density at radius 1 is 1.12 bits per heavy atom. The number of hydrogen-bond acceptors (Lipinski definition) is 8. The number of ether oxygens (including phenoxy) is 4. The molecule has 0 radical (unpaired) electrons. The maximum atomic E-state index is 12.2. The molecule has 0 saturated heterocycles. The Bertz CT molecular complexity index is 712. The van der Waals surface area contributed by atoms with Gasteiger partial charge in [-0.25, -0.2) is 14.4 Å². The molecule has 2 rings (SSSR count). The maximum absolute atomic E-state index is 12.2. The van der Waals surface area contributed by atoms with Crippen molar-refractivity contribution in [2.45, 2.75) is 6.92 Å². The number of hydrogen-bond donors (Lipinski definition) is 1. The molecule has 1 aromatic carbocycles. The van der Waals surface area contributed by atoms with Gasteiger partial charge in [0, 0.05) is 11.4 Å². The highest BCUT2D eigenvalue weighted by Gasteiger charge is 2.32. The lowest BCUT2D eigenvalue weighted by Crippen LogP contribution is -2.38. The Kier molecular flexibility index (Phi) is 6.56. The summed E-state index contributed by atoms with van der Waals surface area (Å²) in [5.74, 6) is -1.35. The molecule has 1 N–H and O–H groups in total. The molecule has 1 aliphatic heterocycles. The smallest absolute Gasteiger partial charge is 0.411 e. The van der Waals surface area contributed by atoms with Gasteiger partial charge in [0.2, 0.25) is 0 Å². The van der Waals surface area contributed by atoms with Gasteiger partial charge < -0.3 is 23.8 Å². The zero-order valence-corrected chi connectivity index (χ0v) is 14.7. The van der Waals surface area contributed by atoms with E-state index in [1.807, 2.05) is 0 Å². The normalized spacial score (nSPS) is 13.9. The molecule has 0 atom stereocenters. The van der Waals surface area contributed by atoms with E-state index in [0.29, 0.717) is 11.4 Å². The first-order chi connectivity index (χ1) is 12.5. The zero-order valence-electron chi connectivity index (χ0n) is 14.7. The fourth-order valence-corrected chi connectivity index (χ4v) is 2.36. The predicted molar refractivity (Wildman–Crippen MR) is 91.4 cm³/mol. The minimum absolute atomic E-state index is 0.0512. The summed E-state index contributed by atoms with van der Waals surface area (Å²) >= 11 is 0. The van der Waals surface area contributed by atoms with E-state index in [1.54, 1.807) is 31.2 Å². The van der Waals surface area contributed by atoms with Gasteiger partial charge in [0.05, 0.1) is 33.0 Å². The highest BCUT2D eigenvalue weighted by Crippen LogP contribution is 2.27. The van der Waals surface area contributed by atoms with Crippen molar-refractivity contribution in [3.63, 3.8) is 0 Å². The van der Waals surface area contributed by atoms with Crippen molar-refractivity contribution < 1.29 is 33.3 Å². The number of rotatable bonds is 5. The second-order valence-electron chi connectivity index (χ2n) is 5.11. The van der Waals surface area contributed by atoms with E-state index < -0.39 is 18.0 Å². The lowest BCUT2D eigenvalue weighted by Gasteiger charge is -2.31. The molecule has 0 fully saturated rings. The Morgan fingerprint density at radius 2 is 1.77 bits per heavy atom. The van der Waals surface area contributed by atoms with E-state index in [4.69, 9.17) is 18.9 Å². The summed E-state index contributed by atoms with van der Waals surface area (Å²) in [6.45, 7) is 1.96. The number of amides is 1. The second-order valence-corrected chi connectivity index (χ2v) is 5.11. The van der Waals surface area contributed by atoms with Crippen LogP contribution in [0.4, 0.5) is 16.2 Å². The highest BCUT2D eigenvalue weighted by molar-refractivity contribution is 6.03. The number of methoxy groups -OCH3 is 2. The van der Waals surface area contributed by atoms with Crippen LogP contribution in [0.15, 0.2) is 35.5 Å². The van der Waals surface area contributed by atoms with E-state index in [0.717, 1.165) is 0 Å². The quantitative estimate of drug-likeness (QED) is 0.621. The van der Waals surface area contributed by atoms with E-state index >= 15 is 0 Å². The number of anilines is 2. The lowest BCUT2D eigenvalue weighted by molar-refractivity contribution is -0.140. The number of carbonyl (C=O) groups excluding carboxylic acids is 3. The van der Waals surface area contributed by atoms with Gasteiger partial charge in [0.25, 0.3) is 0 Å². The first-order valence-corrected chi connectivity index (χ1v) is 7.80. The molecule has 0 aliphatic carbocycles. The molecule has 1 heterocycles. The second kappa shape index (κ2) is 8.86. The largest absolute Gasteiger partial charge is 0.466 e. The average molecular weight is 364 g/mol. The molecule has 0 unspecified atom stereocenters. The summed E-state index contributed by atoms with van der Waals surface area (Å²) in [6.07, 6.45) is -0.565. The van der Waals surface area contributed by atoms with Crippen LogP contribution in [0.2, 0.25) is 0 Å². The summed E-state index contributed by atoms with van der Waals surface area (Å²) in [7, 11) is 2.45. The summed E-state index contributed by atoms with van der Waals surface area (Å²) in [6, 6.07) is 6.59. The summed E-state index contributed by atoms with van der Waals surface area (Å²) in [5.41, 5.74) is 1.21. The van der Waals surface area contributed by atoms with E-state index in [1.165, 1.54) is 19.1 Å². The molecule has 0 spiro atoms. The summed E-state index contributed by atoms with van der Waals surface area (Å²) < 4.78 is 19.7. The van der Waals surface area contributed by atoms with Gasteiger partial charge in [-0.05, 0) is 31.2 Å². The van der Waals surface area contributed by atoms with E-state index in [9.17, 15) is 14.4 Å². The summed E-state index contributed by atoms with van der Waals surface area (Å²) in [5, 5.41) is 2.57. The highest BCUT2D eigenvalue weighted by atomic mass is 16.5. The van der Waals surface area contributed by atoms with Gasteiger partial charge in [-0.15, -0.1) is 0 Å². The van der Waals surface area contributed by atoms with E-state index in [2.05, 4.69) is 5.32 Å². The standard InChI is InChI=1S/C17H20N2O7/c1-4-26-17(22)18-11-5-7-12(8-6-11)19-10-25-9-13(15(20)23-2)14(19)16(21)24-3/h5-8H,4,9-10H2,1-3H3,(H,18,22). The number of nitrogens with zero attached hydrogens (tertiary/aromatic N) is 1. The molecule has 0 aromatic heterocycles. The number of nitrogens with one attached hydrogen (secondary N) is 1. The van der Waals surface area contributed by atoms with Gasteiger partial charge in [-0.1, -0.05) is 0 Å². The van der Waals surface area contributed by atoms with Gasteiger partial charge >= 0.3 is 18.0 Å². The molecule has 0 bridgehead atoms. The van der Waals surface area contributed by atoms with Crippen LogP contribution in [-0.2, 0) is 28.5 Å². The molecule has 1 amide bonds. The Hall–Kier alpha value is -3.07. The zero-order chi connectivity index (χ0) is 19.1. The van der Waals surface area contributed by atoms with Crippen LogP contribution in [-0.4, -0.2) is 52.2 Å². The van der Waals surface area contributed by atoms with Gasteiger partial charge in [-0.3, -0.25) is 5.32 Å². The van der Waals surface area contributed by atoms with Crippen LogP contribution in [0.1, 0.15) is 6.92 Å². The van der Waals surface area contributed by atoms with Crippen molar-refractivity contribution in [2.24, 2.45) is 0 Å². The first-order valence-electron chi connectivity index (χ1n) is 7.80. The minimum Gasteiger partial charge on any atom is -0.466 e. The van der Waals surface area contributed by atoms with Crippen molar-refractivity contribution in [3.8, 4) is 0 Å². The van der Waals surface area contributed by atoms with Crippen LogP contribution in [0, 0.1) is 0 Å². The van der Waals surface area contributed by atoms with E-state index in [-0.39, 0.29) is 31.2 Å². The maximum Gasteiger partial charge on any atom is 0.411 e. The molecule has 26 heavy (non-hydrogen) atoms. The first kappa shape index (κ1) is 19.3. The predicted octanol–water partition coefficient (Wildman–Crippen LogP) is 1.65. The molecular formula is C17H20N2O7. The van der Waals surface area contributed by atoms with Crippen LogP contribution in [0.3, 0.4) is 0 Å². The van der Waals surface area contributed by atoms with Crippen molar-refractivity contribution in [1.29, 1.82) is 0 Å². The minimum atomic E-state index is -0.678. The third-order valence-corrected chi connectivity index (χ3v) is 3.53. The fourth-order valence-electron chi connectivity index (χ4n) is 2.36. The van der Waals surface area contributed by atoms with Gasteiger partial charge in [-0.2, -0.15) is 0 Å². The van der Waals surface area contributed by atoms with Crippen molar-refractivity contribution in [3.05, 3.63) is 35.5 Å². The third kappa shape index (κ3) is 4.31. The van der Waals surface area contributed by atoms with Crippen LogP contribution in [0.25, 0.3) is 0 Å². The topological polar surface area (TPSA) is 103 Å². The Morgan fingerprint density at radius 3 is 2.35 bits per heavy atom. The van der Waals surface area contributed by atoms with Gasteiger partial charge in [0.15, 0.2) is 0 Å². The number of carbonyl (C=O) groups is 3. The SMILES string of the molecule is CCOC(=O)Nc1ccc(N2COCC(C(=O)OC)=C2C(=O)OC)cc1. The molecule has 1 aromatic rings. The van der Waals surface area contributed by atoms with Crippen molar-refractivity contribution in [1.82, 2.24) is 0 Å². The number of benzene rings is 1. The molecular weight excluding hydrogens is 344 g/mol. The van der Waals surface area contributed by atoms with Crippen LogP contribution in [0.5, 0.6) is 0 Å². The van der Waals surface area contributed by atoms with Crippen molar-refractivity contribution in [2.75, 3.05) is 44.4 Å². The molecule has 9 heteroatoms. The average Bonchev–Trinajstić information content (AvgIpc) is 2.67. The number of esters is 2.